The van der Waals surface area contributed by atoms with Crippen molar-refractivity contribution < 1.29 is 28.9 Å². The molecule has 1 atom stereocenters. The van der Waals surface area contributed by atoms with Crippen LogP contribution in [-0.2, 0) is 16.0 Å². The van der Waals surface area contributed by atoms with Gasteiger partial charge in [0.05, 0.1) is 20.8 Å². The summed E-state index contributed by atoms with van der Waals surface area (Å²) in [6.45, 7) is 3.51. The van der Waals surface area contributed by atoms with E-state index in [1.54, 1.807) is 12.1 Å². The lowest BCUT2D eigenvalue weighted by Gasteiger charge is -2.18. The van der Waals surface area contributed by atoms with Crippen LogP contribution in [0.5, 0.6) is 17.2 Å². The number of carboxylic acid groups (broad SMARTS) is 1. The van der Waals surface area contributed by atoms with Crippen LogP contribution in [0.15, 0.2) is 18.3 Å². The average molecular weight is 447 g/mol. The fourth-order valence-electron chi connectivity index (χ4n) is 3.03. The molecule has 11 heteroatoms. The van der Waals surface area contributed by atoms with Crippen molar-refractivity contribution in [2.75, 3.05) is 32.2 Å². The van der Waals surface area contributed by atoms with Gasteiger partial charge in [0.2, 0.25) is 11.7 Å². The summed E-state index contributed by atoms with van der Waals surface area (Å²) in [6, 6.07) is 2.49. The Kier molecular flexibility index (Phi) is 8.59. The third kappa shape index (κ3) is 6.71. The van der Waals surface area contributed by atoms with Gasteiger partial charge in [0.25, 0.3) is 0 Å². The van der Waals surface area contributed by atoms with Crippen molar-refractivity contribution in [1.29, 1.82) is 0 Å². The van der Waals surface area contributed by atoms with E-state index in [4.69, 9.17) is 25.7 Å². The van der Waals surface area contributed by atoms with E-state index in [1.807, 2.05) is 13.8 Å². The number of nitrogens with two attached hydrogens (primary N) is 2. The maximum atomic E-state index is 12.4. The number of benzene rings is 1. The molecule has 1 aromatic carbocycles. The van der Waals surface area contributed by atoms with E-state index < -0.39 is 18.0 Å². The first-order chi connectivity index (χ1) is 15.1. The summed E-state index contributed by atoms with van der Waals surface area (Å²) in [5, 5.41) is 12.0. The van der Waals surface area contributed by atoms with Gasteiger partial charge in [0.1, 0.15) is 11.9 Å². The molecule has 0 aliphatic rings. The number of hydrogen-bond donors (Lipinski definition) is 4. The van der Waals surface area contributed by atoms with Crippen molar-refractivity contribution >= 4 is 23.7 Å². The molecule has 174 valence electrons. The molecule has 1 aromatic heterocycles. The molecule has 0 aliphatic carbocycles. The van der Waals surface area contributed by atoms with Gasteiger partial charge in [-0.2, -0.15) is 4.98 Å². The Hall–Kier alpha value is -3.60. The highest BCUT2D eigenvalue weighted by Crippen LogP contribution is 2.39. The molecule has 0 saturated heterocycles. The van der Waals surface area contributed by atoms with E-state index in [9.17, 15) is 14.7 Å². The van der Waals surface area contributed by atoms with Crippen molar-refractivity contribution in [2.24, 2.45) is 5.92 Å². The Labute approximate surface area is 186 Å². The number of aromatic nitrogens is 2. The zero-order valence-electron chi connectivity index (χ0n) is 18.5. The summed E-state index contributed by atoms with van der Waals surface area (Å²) in [4.78, 5) is 31.6. The zero-order chi connectivity index (χ0) is 23.8. The Morgan fingerprint density at radius 2 is 1.78 bits per heavy atom. The molecule has 0 radical (unpaired) electrons. The maximum absolute atomic E-state index is 12.4. The predicted molar refractivity (Wildman–Crippen MR) is 118 cm³/mol. The molecule has 0 saturated carbocycles. The van der Waals surface area contributed by atoms with Crippen LogP contribution in [-0.4, -0.2) is 53.8 Å². The Morgan fingerprint density at radius 1 is 1.16 bits per heavy atom. The van der Waals surface area contributed by atoms with Gasteiger partial charge in [-0.05, 0) is 30.0 Å². The number of carboxylic acids is 1. The molecule has 2 rings (SSSR count). The van der Waals surface area contributed by atoms with Gasteiger partial charge >= 0.3 is 11.9 Å². The van der Waals surface area contributed by atoms with Gasteiger partial charge in [0, 0.05) is 18.2 Å². The van der Waals surface area contributed by atoms with Crippen LogP contribution in [0.1, 0.15) is 31.4 Å². The normalized spacial score (nSPS) is 11.8. The second kappa shape index (κ2) is 11.1. The highest BCUT2D eigenvalue weighted by molar-refractivity contribution is 5.78. The summed E-state index contributed by atoms with van der Waals surface area (Å²) >= 11 is 0. The average Bonchev–Trinajstić information content (AvgIpc) is 2.73. The summed E-state index contributed by atoms with van der Waals surface area (Å²) in [6.07, 6.45) is 2.28. The second-order valence-electron chi connectivity index (χ2n) is 7.52. The van der Waals surface area contributed by atoms with Crippen molar-refractivity contribution in [1.82, 2.24) is 15.3 Å². The van der Waals surface area contributed by atoms with E-state index in [0.29, 0.717) is 18.4 Å². The number of aliphatic carboxylic acids is 1. The molecule has 11 nitrogen and oxygen atoms in total. The number of rotatable bonds is 11. The number of carbonyl (C=O) groups is 2. The number of anilines is 2. The van der Waals surface area contributed by atoms with Gasteiger partial charge in [-0.3, -0.25) is 14.9 Å². The molecular formula is C21H29N5O6. The summed E-state index contributed by atoms with van der Waals surface area (Å²) in [5.41, 5.74) is 12.8. The number of nitrogens with one attached hydrogen (secondary N) is 1. The lowest BCUT2D eigenvalue weighted by Crippen LogP contribution is -2.41. The van der Waals surface area contributed by atoms with Gasteiger partial charge < -0.3 is 30.8 Å². The predicted octanol–water partition coefficient (Wildman–Crippen LogP) is 1.24. The number of nitrogen functional groups attached to an aromatic ring is 2. The topological polar surface area (TPSA) is 172 Å². The highest BCUT2D eigenvalue weighted by Gasteiger charge is 2.22. The van der Waals surface area contributed by atoms with Gasteiger partial charge in [-0.25, -0.2) is 4.98 Å². The quantitative estimate of drug-likeness (QED) is 0.288. The van der Waals surface area contributed by atoms with E-state index in [1.165, 1.54) is 20.4 Å². The fraction of sp³-hybridized carbons (Fsp3) is 0.429. The number of methoxy groups -OCH3 is 2. The van der Waals surface area contributed by atoms with E-state index >= 15 is 0 Å². The molecule has 0 fully saturated rings. The molecule has 6 N–H and O–H groups in total. The van der Waals surface area contributed by atoms with Crippen LogP contribution in [0.25, 0.3) is 0 Å². The fourth-order valence-corrected chi connectivity index (χ4v) is 3.03. The van der Waals surface area contributed by atoms with Crippen LogP contribution in [0, 0.1) is 5.92 Å². The van der Waals surface area contributed by atoms with Crippen molar-refractivity contribution in [3.05, 3.63) is 29.5 Å². The molecular weight excluding hydrogens is 418 g/mol. The van der Waals surface area contributed by atoms with Crippen LogP contribution in [0.3, 0.4) is 0 Å². The lowest BCUT2D eigenvalue weighted by molar-refractivity contribution is -0.140. The van der Waals surface area contributed by atoms with Gasteiger partial charge in [-0.15, -0.1) is 0 Å². The SMILES string of the molecule is COc1cc(Cc2cnc(N)nc2N)cc(OC)c1OC(=O)CNC(CC(C)C)C(=O)O. The molecule has 0 spiro atoms. The number of hydrogen-bond acceptors (Lipinski definition) is 10. The number of carbonyl (C=O) groups excluding carboxylic acids is 1. The van der Waals surface area contributed by atoms with E-state index in [0.717, 1.165) is 5.56 Å². The zero-order valence-corrected chi connectivity index (χ0v) is 18.5. The van der Waals surface area contributed by atoms with Crippen LogP contribution >= 0.6 is 0 Å². The molecule has 0 amide bonds. The van der Waals surface area contributed by atoms with Gasteiger partial charge in [-0.1, -0.05) is 13.8 Å². The van der Waals surface area contributed by atoms with Crippen LogP contribution in [0.2, 0.25) is 0 Å². The number of esters is 1. The first-order valence-electron chi connectivity index (χ1n) is 9.93. The third-order valence-corrected chi connectivity index (χ3v) is 4.55. The smallest absolute Gasteiger partial charge is 0.325 e. The molecule has 0 aliphatic heterocycles. The van der Waals surface area contributed by atoms with Crippen LogP contribution < -0.4 is 31.0 Å². The lowest BCUT2D eigenvalue weighted by atomic mass is 10.0. The Balaban J connectivity index is 2.18. The monoisotopic (exact) mass is 447 g/mol. The Morgan fingerprint density at radius 3 is 2.28 bits per heavy atom. The summed E-state index contributed by atoms with van der Waals surface area (Å²) in [7, 11) is 2.86. The van der Waals surface area contributed by atoms with Crippen molar-refractivity contribution in [3.8, 4) is 17.2 Å². The maximum Gasteiger partial charge on any atom is 0.325 e. The summed E-state index contributed by atoms with van der Waals surface area (Å²) < 4.78 is 16.2. The van der Waals surface area contributed by atoms with Gasteiger partial charge in [0.15, 0.2) is 11.5 Å². The van der Waals surface area contributed by atoms with E-state index in [2.05, 4.69) is 15.3 Å². The third-order valence-electron chi connectivity index (χ3n) is 4.55. The molecule has 0 bridgehead atoms. The minimum Gasteiger partial charge on any atom is -0.493 e. The van der Waals surface area contributed by atoms with Crippen LogP contribution in [0.4, 0.5) is 11.8 Å². The first-order valence-corrected chi connectivity index (χ1v) is 9.93. The second-order valence-corrected chi connectivity index (χ2v) is 7.52. The van der Waals surface area contributed by atoms with Crippen molar-refractivity contribution in [2.45, 2.75) is 32.7 Å². The van der Waals surface area contributed by atoms with Crippen molar-refractivity contribution in [3.63, 3.8) is 0 Å². The van der Waals surface area contributed by atoms with E-state index in [-0.39, 0.29) is 41.5 Å². The minimum absolute atomic E-state index is 0.0795. The molecule has 1 unspecified atom stereocenters. The molecule has 2 aromatic rings. The largest absolute Gasteiger partial charge is 0.493 e. The first kappa shape index (κ1) is 24.7. The minimum atomic E-state index is -1.03. The Bertz CT molecular complexity index is 941. The molecule has 32 heavy (non-hydrogen) atoms. The number of nitrogens with zero attached hydrogens (tertiary/aromatic N) is 2. The standard InChI is InChI=1S/C21H29N5O6/c1-11(2)5-14(20(28)29)24-10-17(27)32-18-15(30-3)7-12(8-16(18)31-4)6-13-9-25-21(23)26-19(13)22/h7-9,11,14,24H,5-6,10H2,1-4H3,(H,28,29)(H4,22,23,25,26). The summed E-state index contributed by atoms with van der Waals surface area (Å²) in [5.74, 6) is -0.616. The number of ether oxygens (including phenoxy) is 3. The molecule has 1 heterocycles. The highest BCUT2D eigenvalue weighted by atomic mass is 16.6.